The second kappa shape index (κ2) is 3.15. The topological polar surface area (TPSA) is 12.9 Å². The first-order valence-electron chi connectivity index (χ1n) is 2.75. The average molecular weight is 216 g/mol. The third-order valence-corrected chi connectivity index (χ3v) is 2.05. The Bertz CT molecular complexity index is 288. The number of hydrogen-bond donors (Lipinski definition) is 0. The first kappa shape index (κ1) is 7.73. The van der Waals surface area contributed by atoms with Crippen LogP contribution < -0.4 is 0 Å². The van der Waals surface area contributed by atoms with Crippen LogP contribution in [0, 0.1) is 0 Å². The maximum Gasteiger partial charge on any atom is 0.0812 e. The van der Waals surface area contributed by atoms with Gasteiger partial charge in [0, 0.05) is 0 Å². The summed E-state index contributed by atoms with van der Waals surface area (Å²) in [6.07, 6.45) is 0. The van der Waals surface area contributed by atoms with E-state index in [1.807, 2.05) is 23.7 Å². The van der Waals surface area contributed by atoms with Crippen molar-refractivity contribution in [3.63, 3.8) is 0 Å². The molecule has 0 N–H and O–H groups in total. The normalized spacial score (nSPS) is 9.20. The molecular formula is C7H7NSSe. The van der Waals surface area contributed by atoms with Crippen LogP contribution in [0.2, 0.25) is 0 Å². The molecule has 0 aliphatic carbocycles. The van der Waals surface area contributed by atoms with E-state index >= 15 is 0 Å². The van der Waals surface area contributed by atoms with Crippen LogP contribution in [-0.4, -0.2) is 22.1 Å². The molecule has 0 amide bonds. The van der Waals surface area contributed by atoms with Gasteiger partial charge in [0.15, 0.2) is 0 Å². The maximum absolute atomic E-state index is 4.14. The van der Waals surface area contributed by atoms with E-state index in [9.17, 15) is 0 Å². The van der Waals surface area contributed by atoms with Crippen molar-refractivity contribution >= 4 is 38.6 Å². The Labute approximate surface area is 73.6 Å². The van der Waals surface area contributed by atoms with Crippen LogP contribution in [0.5, 0.6) is 0 Å². The van der Waals surface area contributed by atoms with Crippen LogP contribution in [-0.2, 0) is 0 Å². The van der Waals surface area contributed by atoms with Crippen molar-refractivity contribution in [3.05, 3.63) is 29.8 Å². The molecule has 2 rings (SSSR count). The molecule has 0 saturated carbocycles. The zero-order chi connectivity index (χ0) is 6.10. The fourth-order valence-electron chi connectivity index (χ4n) is 0.803. The largest absolute Gasteiger partial charge is 0.245 e. The van der Waals surface area contributed by atoms with Gasteiger partial charge in [0.25, 0.3) is 0 Å². The molecule has 0 unspecified atom stereocenters. The Kier molecular flexibility index (Phi) is 2.44. The van der Waals surface area contributed by atoms with E-state index in [2.05, 4.69) is 11.1 Å². The van der Waals surface area contributed by atoms with E-state index in [0.29, 0.717) is 0 Å². The van der Waals surface area contributed by atoms with Crippen LogP contribution in [0.3, 0.4) is 0 Å². The summed E-state index contributed by atoms with van der Waals surface area (Å²) in [6, 6.07) is 8.13. The number of fused-ring (bicyclic) bond motifs is 1. The zero-order valence-electron chi connectivity index (χ0n) is 5.24. The summed E-state index contributed by atoms with van der Waals surface area (Å²) in [5.41, 5.74) is 2.97. The Hall–Kier alpha value is -0.371. The molecule has 1 heterocycles. The smallest absolute Gasteiger partial charge is 0.0812 e. The summed E-state index contributed by atoms with van der Waals surface area (Å²) < 4.78 is 1.26. The summed E-state index contributed by atoms with van der Waals surface area (Å²) in [5, 5.41) is 0. The molecule has 1 aromatic heterocycles. The molecule has 0 aliphatic heterocycles. The molecule has 52 valence electrons. The predicted molar refractivity (Wildman–Crippen MR) is 48.2 cm³/mol. The standard InChI is InChI=1S/C7H5NS.H2Se/c1-2-4-7-6(3-1)8-5-9-7;/h1-5H;1H2. The first-order chi connectivity index (χ1) is 4.47. The quantitative estimate of drug-likeness (QED) is 0.606. The fourth-order valence-corrected chi connectivity index (χ4v) is 1.48. The molecule has 0 fully saturated rings. The Balaban J connectivity index is 0.000000500. The van der Waals surface area contributed by atoms with Gasteiger partial charge >= 0.3 is 17.1 Å². The Morgan fingerprint density at radius 1 is 1.20 bits per heavy atom. The van der Waals surface area contributed by atoms with Crippen LogP contribution in [0.1, 0.15) is 0 Å². The minimum Gasteiger partial charge on any atom is -0.245 e. The maximum atomic E-state index is 4.14. The molecule has 0 spiro atoms. The van der Waals surface area contributed by atoms with Crippen molar-refractivity contribution in [1.82, 2.24) is 4.98 Å². The van der Waals surface area contributed by atoms with Crippen molar-refractivity contribution in [1.29, 1.82) is 0 Å². The van der Waals surface area contributed by atoms with E-state index in [4.69, 9.17) is 0 Å². The molecule has 0 bridgehead atoms. The molecule has 0 radical (unpaired) electrons. The molecular weight excluding hydrogens is 209 g/mol. The van der Waals surface area contributed by atoms with Crippen molar-refractivity contribution in [3.8, 4) is 0 Å². The second-order valence-corrected chi connectivity index (χ2v) is 2.71. The minimum atomic E-state index is 0. The SMILES string of the molecule is [SeH2].c1ccc2scnc2c1. The van der Waals surface area contributed by atoms with Gasteiger partial charge in [0.1, 0.15) is 0 Å². The summed E-state index contributed by atoms with van der Waals surface area (Å²) in [4.78, 5) is 4.14. The number of nitrogens with zero attached hydrogens (tertiary/aromatic N) is 1. The molecule has 1 aromatic carbocycles. The summed E-state index contributed by atoms with van der Waals surface area (Å²) >= 11 is 1.68. The zero-order valence-corrected chi connectivity index (χ0v) is 8.16. The second-order valence-electron chi connectivity index (χ2n) is 1.82. The molecule has 10 heavy (non-hydrogen) atoms. The van der Waals surface area contributed by atoms with Crippen LogP contribution in [0.4, 0.5) is 0 Å². The Morgan fingerprint density at radius 2 is 2.00 bits per heavy atom. The van der Waals surface area contributed by atoms with E-state index < -0.39 is 0 Å². The number of hydrogen-bond acceptors (Lipinski definition) is 2. The van der Waals surface area contributed by atoms with Gasteiger partial charge in [-0.15, -0.1) is 11.3 Å². The molecule has 3 heteroatoms. The monoisotopic (exact) mass is 217 g/mol. The molecule has 0 saturated heterocycles. The first-order valence-corrected chi connectivity index (χ1v) is 3.63. The van der Waals surface area contributed by atoms with Gasteiger partial charge in [-0.3, -0.25) is 0 Å². The van der Waals surface area contributed by atoms with E-state index in [1.54, 1.807) is 11.3 Å². The molecule has 0 atom stereocenters. The van der Waals surface area contributed by atoms with Gasteiger partial charge in [-0.2, -0.15) is 0 Å². The van der Waals surface area contributed by atoms with Crippen LogP contribution >= 0.6 is 11.3 Å². The summed E-state index contributed by atoms with van der Waals surface area (Å²) in [6.45, 7) is 0. The van der Waals surface area contributed by atoms with Gasteiger partial charge in [0.2, 0.25) is 0 Å². The summed E-state index contributed by atoms with van der Waals surface area (Å²) in [5.74, 6) is 0. The van der Waals surface area contributed by atoms with Crippen LogP contribution in [0.15, 0.2) is 29.8 Å². The number of thiazole rings is 1. The molecule has 2 aromatic rings. The molecule has 1 nitrogen and oxygen atoms in total. The third-order valence-electron chi connectivity index (χ3n) is 1.24. The third kappa shape index (κ3) is 1.21. The van der Waals surface area contributed by atoms with Gasteiger partial charge in [0.05, 0.1) is 15.7 Å². The number of para-hydroxylation sites is 1. The number of aromatic nitrogens is 1. The van der Waals surface area contributed by atoms with Gasteiger partial charge in [-0.1, -0.05) is 12.1 Å². The van der Waals surface area contributed by atoms with E-state index in [0.717, 1.165) is 5.52 Å². The molecule has 0 aliphatic rings. The number of rotatable bonds is 0. The van der Waals surface area contributed by atoms with E-state index in [1.165, 1.54) is 4.70 Å². The van der Waals surface area contributed by atoms with E-state index in [-0.39, 0.29) is 17.1 Å². The summed E-state index contributed by atoms with van der Waals surface area (Å²) in [7, 11) is 0. The predicted octanol–water partition coefficient (Wildman–Crippen LogP) is 1.38. The number of benzene rings is 1. The Morgan fingerprint density at radius 3 is 2.80 bits per heavy atom. The van der Waals surface area contributed by atoms with Crippen molar-refractivity contribution < 1.29 is 0 Å². The van der Waals surface area contributed by atoms with Crippen molar-refractivity contribution in [2.24, 2.45) is 0 Å². The fraction of sp³-hybridized carbons (Fsp3) is 0. The minimum absolute atomic E-state index is 0. The van der Waals surface area contributed by atoms with Gasteiger partial charge in [-0.25, -0.2) is 4.98 Å². The van der Waals surface area contributed by atoms with Crippen LogP contribution in [0.25, 0.3) is 10.2 Å². The average Bonchev–Trinajstić information content (AvgIpc) is 2.33. The van der Waals surface area contributed by atoms with Crippen molar-refractivity contribution in [2.75, 3.05) is 0 Å². The van der Waals surface area contributed by atoms with Crippen molar-refractivity contribution in [2.45, 2.75) is 0 Å². The van der Waals surface area contributed by atoms with Gasteiger partial charge < -0.3 is 0 Å². The van der Waals surface area contributed by atoms with Gasteiger partial charge in [-0.05, 0) is 12.1 Å².